The molecule has 0 aromatic carbocycles. The molecule has 0 saturated carbocycles. The molecule has 0 aromatic rings. The van der Waals surface area contributed by atoms with Gasteiger partial charge in [-0.05, 0) is 0 Å². The Bertz CT molecular complexity index is 283. The van der Waals surface area contributed by atoms with E-state index in [-0.39, 0.29) is 35.7 Å². The number of hydrogen-bond acceptors (Lipinski definition) is 7. The van der Waals surface area contributed by atoms with E-state index < -0.39 is 23.5 Å². The minimum absolute atomic E-state index is 0. The monoisotopic (exact) mass is 297 g/mol. The summed E-state index contributed by atoms with van der Waals surface area (Å²) in [6.45, 7) is 0. The Hall–Kier alpha value is 1.37. The second-order valence-electron chi connectivity index (χ2n) is 1.59. The van der Waals surface area contributed by atoms with Gasteiger partial charge in [0.15, 0.2) is 0 Å². The van der Waals surface area contributed by atoms with E-state index in [1.165, 1.54) is 0 Å². The van der Waals surface area contributed by atoms with Gasteiger partial charge in [-0.3, -0.25) is 4.57 Å². The third-order valence-corrected chi connectivity index (χ3v) is 3.74. The molecular weight excluding hydrogens is 290 g/mol. The van der Waals surface area contributed by atoms with Gasteiger partial charge in [-0.25, -0.2) is 13.4 Å². The maximum Gasteiger partial charge on any atom is 1.00 e. The molecule has 0 aliphatic carbocycles. The van der Waals surface area contributed by atoms with Crippen LogP contribution in [0.5, 0.6) is 0 Å². The van der Waals surface area contributed by atoms with Crippen molar-refractivity contribution in [3.8, 4) is 0 Å². The van der Waals surface area contributed by atoms with Crippen LogP contribution in [0, 0.1) is 0 Å². The smallest absolute Gasteiger partial charge is 0.756 e. The van der Waals surface area contributed by atoms with Gasteiger partial charge < -0.3 is 30.6 Å². The first-order chi connectivity index (χ1) is 5.41. The molecule has 88 valence electrons. The van der Waals surface area contributed by atoms with E-state index in [1.807, 2.05) is 0 Å². The van der Waals surface area contributed by atoms with Crippen molar-refractivity contribution in [2.24, 2.45) is 0 Å². The minimum atomic E-state index is -5.60. The topological polar surface area (TPSA) is 209 Å². The van der Waals surface area contributed by atoms with Crippen LogP contribution in [-0.4, -0.2) is 19.6 Å². The first-order valence-corrected chi connectivity index (χ1v) is 6.78. The van der Waals surface area contributed by atoms with Gasteiger partial charge >= 0.3 is 45.2 Å². The van der Waals surface area contributed by atoms with Crippen molar-refractivity contribution in [3.05, 3.63) is 0 Å². The average molecular weight is 297 g/mol. The Morgan fingerprint density at radius 2 is 1.27 bits per heavy atom. The van der Waals surface area contributed by atoms with E-state index >= 15 is 0 Å². The molecule has 0 aromatic heterocycles. The Labute approximate surface area is 106 Å². The number of rotatable bonds is 4. The summed E-state index contributed by atoms with van der Waals surface area (Å²) >= 11 is 0. The van der Waals surface area contributed by atoms with Gasteiger partial charge in [0, 0.05) is 0 Å². The van der Waals surface area contributed by atoms with Crippen LogP contribution in [-0.2, 0) is 22.3 Å². The molecule has 7 N–H and O–H groups in total. The summed E-state index contributed by atoms with van der Waals surface area (Å²) < 4.78 is 36.1. The fourth-order valence-corrected chi connectivity index (χ4v) is 2.79. The van der Waals surface area contributed by atoms with Gasteiger partial charge in [0.05, 0.1) is 0 Å². The van der Waals surface area contributed by atoms with Crippen LogP contribution in [0.2, 0.25) is 0 Å². The summed E-state index contributed by atoms with van der Waals surface area (Å²) in [7, 11) is -16.5. The van der Waals surface area contributed by atoms with Crippen LogP contribution in [0.15, 0.2) is 0 Å². The SMILES string of the molecule is N.O=P([O-])(O)OP(=O)(O)OP(=O)(O)O.[Na+]. The molecular formula is H7NNaO10P3. The third kappa shape index (κ3) is 15.4. The molecule has 2 unspecified atom stereocenters. The summed E-state index contributed by atoms with van der Waals surface area (Å²) in [5.41, 5.74) is 0. The van der Waals surface area contributed by atoms with E-state index in [0.29, 0.717) is 0 Å². The molecule has 0 saturated heterocycles. The molecule has 0 aliphatic heterocycles. The third-order valence-electron chi connectivity index (χ3n) is 0.416. The van der Waals surface area contributed by atoms with Crippen molar-refractivity contribution in [1.82, 2.24) is 6.15 Å². The average Bonchev–Trinajstić information content (AvgIpc) is 1.43. The summed E-state index contributed by atoms with van der Waals surface area (Å²) in [4.78, 5) is 41.9. The normalized spacial score (nSPS) is 19.0. The Kier molecular flexibility index (Phi) is 10.0. The second kappa shape index (κ2) is 6.95. The van der Waals surface area contributed by atoms with E-state index in [9.17, 15) is 18.6 Å². The van der Waals surface area contributed by atoms with Crippen LogP contribution in [0.4, 0.5) is 0 Å². The van der Waals surface area contributed by atoms with Gasteiger partial charge in [-0.2, -0.15) is 4.31 Å². The Morgan fingerprint density at radius 1 is 0.933 bits per heavy atom. The van der Waals surface area contributed by atoms with Crippen LogP contribution in [0.1, 0.15) is 0 Å². The van der Waals surface area contributed by atoms with Gasteiger partial charge in [0.2, 0.25) is 0 Å². The molecule has 15 heavy (non-hydrogen) atoms. The number of hydrogen-bond donors (Lipinski definition) is 5. The van der Waals surface area contributed by atoms with Crippen LogP contribution in [0.3, 0.4) is 0 Å². The summed E-state index contributed by atoms with van der Waals surface area (Å²) in [6.07, 6.45) is 0. The molecule has 0 rings (SSSR count). The molecule has 0 spiro atoms. The van der Waals surface area contributed by atoms with Crippen molar-refractivity contribution in [1.29, 1.82) is 0 Å². The van der Waals surface area contributed by atoms with E-state index in [4.69, 9.17) is 19.6 Å². The second-order valence-corrected chi connectivity index (χ2v) is 5.75. The molecule has 2 atom stereocenters. The fraction of sp³-hybridized carbons (Fsp3) is 0. The molecule has 15 heteroatoms. The molecule has 0 heterocycles. The van der Waals surface area contributed by atoms with Crippen molar-refractivity contribution < 1.29 is 76.3 Å². The maximum atomic E-state index is 10.3. The maximum absolute atomic E-state index is 10.3. The van der Waals surface area contributed by atoms with Crippen LogP contribution in [0.25, 0.3) is 0 Å². The predicted octanol–water partition coefficient (Wildman–Crippen LogP) is -4.16. The molecule has 0 aliphatic rings. The summed E-state index contributed by atoms with van der Waals surface area (Å²) in [6, 6.07) is 0. The minimum Gasteiger partial charge on any atom is -0.756 e. The zero-order chi connectivity index (χ0) is 10.9. The Balaban J connectivity index is -0.000000720. The van der Waals surface area contributed by atoms with Gasteiger partial charge in [-0.1, -0.05) is 0 Å². The van der Waals surface area contributed by atoms with Gasteiger partial charge in [-0.15, -0.1) is 0 Å². The summed E-state index contributed by atoms with van der Waals surface area (Å²) in [5.74, 6) is 0. The molecule has 0 fully saturated rings. The standard InChI is InChI=1S/H3N.Na.H5O10P3/c;;1-11(2,3)9-13(7,8)10-12(4,5)6/h1H3;;(H,7,8)(H2,1,2,3)(H2,4,5,6)/q;+1;/p-1. The van der Waals surface area contributed by atoms with E-state index in [1.54, 1.807) is 0 Å². The fourth-order valence-electron chi connectivity index (χ4n) is 0.280. The number of phosphoric acid groups is 3. The van der Waals surface area contributed by atoms with E-state index in [2.05, 4.69) is 8.62 Å². The van der Waals surface area contributed by atoms with Crippen molar-refractivity contribution in [3.63, 3.8) is 0 Å². The Morgan fingerprint density at radius 3 is 1.47 bits per heavy atom. The van der Waals surface area contributed by atoms with Crippen LogP contribution < -0.4 is 40.6 Å². The van der Waals surface area contributed by atoms with Crippen LogP contribution >= 0.6 is 23.5 Å². The summed E-state index contributed by atoms with van der Waals surface area (Å²) in [5, 5.41) is 0. The first-order valence-electron chi connectivity index (χ1n) is 2.26. The van der Waals surface area contributed by atoms with Gasteiger partial charge in [0.1, 0.15) is 0 Å². The van der Waals surface area contributed by atoms with Gasteiger partial charge in [0.25, 0.3) is 7.82 Å². The quantitative estimate of drug-likeness (QED) is 0.248. The largest absolute Gasteiger partial charge is 1.00 e. The van der Waals surface area contributed by atoms with Crippen molar-refractivity contribution in [2.75, 3.05) is 0 Å². The zero-order valence-corrected chi connectivity index (χ0v) is 12.0. The molecule has 0 bridgehead atoms. The van der Waals surface area contributed by atoms with E-state index in [0.717, 1.165) is 0 Å². The predicted molar refractivity (Wildman–Crippen MR) is 38.9 cm³/mol. The van der Waals surface area contributed by atoms with Crippen molar-refractivity contribution >= 4 is 23.5 Å². The molecule has 0 radical (unpaired) electrons. The van der Waals surface area contributed by atoms with Crippen molar-refractivity contribution in [2.45, 2.75) is 0 Å². The first kappa shape index (κ1) is 21.6. The molecule has 0 amide bonds. The zero-order valence-electron chi connectivity index (χ0n) is 7.29. The molecule has 11 nitrogen and oxygen atoms in total.